The van der Waals surface area contributed by atoms with Gasteiger partial charge in [0.05, 0.1) is 0 Å². The SMILES string of the molecule is CC(C)(C)c1cc(C(F)(F)C(F)(F)C(F)(F)C(F)(F)C(F)(F)C(F)(F)C(F)(F)C(F)(F)c2cc(C3CC3)c(N)c(C(C)(C)C)c2)cc(C2CC2)c1N. The van der Waals surface area contributed by atoms with E-state index in [0.29, 0.717) is 0 Å². The fourth-order valence-corrected chi connectivity index (χ4v) is 5.96. The van der Waals surface area contributed by atoms with Gasteiger partial charge in [-0.2, -0.15) is 70.2 Å². The lowest BCUT2D eigenvalue weighted by Crippen LogP contribution is -2.74. The summed E-state index contributed by atoms with van der Waals surface area (Å²) < 4.78 is 242. The number of nitrogen functional groups attached to an aromatic ring is 2. The van der Waals surface area contributed by atoms with Gasteiger partial charge in [-0.1, -0.05) is 41.5 Å². The summed E-state index contributed by atoms with van der Waals surface area (Å²) in [5, 5.41) is 0. The zero-order valence-electron chi connectivity index (χ0n) is 28.5. The molecule has 0 aliphatic heterocycles. The molecular formula is C34H36F16N2. The molecule has 0 amide bonds. The molecule has 52 heavy (non-hydrogen) atoms. The highest BCUT2D eigenvalue weighted by atomic mass is 19.4. The molecule has 0 unspecified atom stereocenters. The van der Waals surface area contributed by atoms with Crippen molar-refractivity contribution in [3.8, 4) is 0 Å². The molecule has 2 aromatic carbocycles. The Kier molecular flexibility index (Phi) is 9.38. The largest absolute Gasteiger partial charge is 0.398 e. The van der Waals surface area contributed by atoms with Gasteiger partial charge in [0.25, 0.3) is 0 Å². The maximum Gasteiger partial charge on any atom is 0.385 e. The minimum Gasteiger partial charge on any atom is -0.398 e. The molecule has 0 bridgehead atoms. The van der Waals surface area contributed by atoms with Crippen LogP contribution in [0.25, 0.3) is 0 Å². The number of benzene rings is 2. The predicted molar refractivity (Wildman–Crippen MR) is 161 cm³/mol. The third-order valence-corrected chi connectivity index (χ3v) is 9.56. The van der Waals surface area contributed by atoms with E-state index in [0.717, 1.165) is 0 Å². The number of anilines is 2. The Labute approximate surface area is 288 Å². The number of hydrogen-bond donors (Lipinski definition) is 2. The highest BCUT2D eigenvalue weighted by molar-refractivity contribution is 5.62. The molecule has 0 heterocycles. The normalized spacial score (nSPS) is 17.9. The van der Waals surface area contributed by atoms with E-state index in [9.17, 15) is 35.1 Å². The molecule has 2 fully saturated rings. The van der Waals surface area contributed by atoms with Crippen LogP contribution in [0, 0.1) is 0 Å². The molecule has 2 saturated carbocycles. The summed E-state index contributed by atoms with van der Waals surface area (Å²) >= 11 is 0. The number of hydrogen-bond acceptors (Lipinski definition) is 2. The first-order valence-corrected chi connectivity index (χ1v) is 15.9. The Morgan fingerprint density at radius 2 is 0.635 bits per heavy atom. The van der Waals surface area contributed by atoms with Crippen LogP contribution in [0.2, 0.25) is 0 Å². The van der Waals surface area contributed by atoms with E-state index in [-0.39, 0.29) is 72.5 Å². The second-order valence-electron chi connectivity index (χ2n) is 15.7. The van der Waals surface area contributed by atoms with E-state index in [1.807, 2.05) is 0 Å². The quantitative estimate of drug-likeness (QED) is 0.176. The van der Waals surface area contributed by atoms with Gasteiger partial charge in [0.2, 0.25) is 0 Å². The molecule has 4 N–H and O–H groups in total. The molecule has 294 valence electrons. The molecule has 0 spiro atoms. The van der Waals surface area contributed by atoms with Gasteiger partial charge in [-0.25, -0.2) is 0 Å². The van der Waals surface area contributed by atoms with Gasteiger partial charge < -0.3 is 11.5 Å². The van der Waals surface area contributed by atoms with E-state index < -0.39 is 92.3 Å². The Bertz CT molecular complexity index is 1580. The first kappa shape index (κ1) is 41.7. The maximum atomic E-state index is 15.4. The van der Waals surface area contributed by atoms with Crippen molar-refractivity contribution in [3.05, 3.63) is 57.6 Å². The summed E-state index contributed by atoms with van der Waals surface area (Å²) in [7, 11) is 0. The smallest absolute Gasteiger partial charge is 0.385 e. The Balaban J connectivity index is 1.84. The van der Waals surface area contributed by atoms with Crippen molar-refractivity contribution < 1.29 is 70.2 Å². The van der Waals surface area contributed by atoms with E-state index in [1.165, 1.54) is 41.5 Å². The highest BCUT2D eigenvalue weighted by Crippen LogP contribution is 2.66. The van der Waals surface area contributed by atoms with Gasteiger partial charge in [0, 0.05) is 22.5 Å². The second-order valence-corrected chi connectivity index (χ2v) is 15.7. The predicted octanol–water partition coefficient (Wildman–Crippen LogP) is 11.9. The summed E-state index contributed by atoms with van der Waals surface area (Å²) in [6.07, 6.45) is 0.958. The lowest BCUT2D eigenvalue weighted by atomic mass is 9.79. The Hall–Kier alpha value is -3.08. The van der Waals surface area contributed by atoms with Crippen molar-refractivity contribution in [1.29, 1.82) is 0 Å². The molecular weight excluding hydrogens is 740 g/mol. The minimum absolute atomic E-state index is 0.110. The van der Waals surface area contributed by atoms with E-state index in [2.05, 4.69) is 0 Å². The standard InChI is InChI=1S/C34H36F16N2/c1-25(2,3)21-13-17(11-19(23(21)51)15-7-8-15)27(35,36)29(39,40)31(43,44)33(47,48)34(49,50)32(45,46)30(41,42)28(37,38)18-12-20(16-9-10-16)24(52)22(14-18)26(4,5)6/h11-16H,7-10,51-52H2,1-6H3. The van der Waals surface area contributed by atoms with E-state index in [1.54, 1.807) is 0 Å². The monoisotopic (exact) mass is 776 g/mol. The number of nitrogens with two attached hydrogens (primary N) is 2. The number of halogens is 16. The fraction of sp³-hybridized carbons (Fsp3) is 0.647. The van der Waals surface area contributed by atoms with Crippen LogP contribution in [0.4, 0.5) is 81.6 Å². The fourth-order valence-electron chi connectivity index (χ4n) is 5.96. The molecule has 0 aromatic heterocycles. The van der Waals surface area contributed by atoms with Gasteiger partial charge in [-0.15, -0.1) is 0 Å². The molecule has 0 atom stereocenters. The molecule has 0 saturated heterocycles. The van der Waals surface area contributed by atoms with Gasteiger partial charge in [-0.3, -0.25) is 0 Å². The third kappa shape index (κ3) is 5.86. The summed E-state index contributed by atoms with van der Waals surface area (Å²) in [6.45, 7) is 7.82. The van der Waals surface area contributed by atoms with Crippen molar-refractivity contribution in [1.82, 2.24) is 0 Å². The van der Waals surface area contributed by atoms with Gasteiger partial charge in [0.1, 0.15) is 0 Å². The molecule has 2 aliphatic rings. The van der Waals surface area contributed by atoms with E-state index >= 15 is 35.1 Å². The van der Waals surface area contributed by atoms with Crippen LogP contribution < -0.4 is 11.5 Å². The van der Waals surface area contributed by atoms with Gasteiger partial charge >= 0.3 is 47.4 Å². The average Bonchev–Trinajstić information content (AvgIpc) is 3.89. The molecule has 0 radical (unpaired) electrons. The topological polar surface area (TPSA) is 52.0 Å². The van der Waals surface area contributed by atoms with Crippen LogP contribution in [0.15, 0.2) is 24.3 Å². The Morgan fingerprint density at radius 1 is 0.404 bits per heavy atom. The van der Waals surface area contributed by atoms with Crippen LogP contribution in [0.5, 0.6) is 0 Å². The number of rotatable bonds is 11. The average molecular weight is 777 g/mol. The summed E-state index contributed by atoms with van der Waals surface area (Å²) in [4.78, 5) is 0. The van der Waals surface area contributed by atoms with Crippen LogP contribution >= 0.6 is 0 Å². The molecule has 18 heteroatoms. The lowest BCUT2D eigenvalue weighted by molar-refractivity contribution is -0.456. The zero-order valence-corrected chi connectivity index (χ0v) is 28.5. The van der Waals surface area contributed by atoms with Crippen molar-refractivity contribution in [2.75, 3.05) is 11.5 Å². The summed E-state index contributed by atoms with van der Waals surface area (Å²) in [6, 6.07) is 0.499. The van der Waals surface area contributed by atoms with Crippen LogP contribution in [0.3, 0.4) is 0 Å². The first-order valence-electron chi connectivity index (χ1n) is 15.9. The van der Waals surface area contributed by atoms with Crippen molar-refractivity contribution in [2.45, 2.75) is 137 Å². The summed E-state index contributed by atoms with van der Waals surface area (Å²) in [5.41, 5.74) is 3.05. The van der Waals surface area contributed by atoms with Crippen molar-refractivity contribution in [2.24, 2.45) is 0 Å². The maximum absolute atomic E-state index is 15.4. The molecule has 4 rings (SSSR count). The van der Waals surface area contributed by atoms with Crippen LogP contribution in [-0.2, 0) is 22.7 Å². The van der Waals surface area contributed by atoms with Crippen molar-refractivity contribution in [3.63, 3.8) is 0 Å². The Morgan fingerprint density at radius 3 is 0.846 bits per heavy atom. The molecule has 2 nitrogen and oxygen atoms in total. The van der Waals surface area contributed by atoms with Crippen LogP contribution in [0.1, 0.15) is 112 Å². The van der Waals surface area contributed by atoms with Gasteiger partial charge in [0.15, 0.2) is 0 Å². The second kappa shape index (κ2) is 11.7. The first-order chi connectivity index (χ1) is 23.0. The summed E-state index contributed by atoms with van der Waals surface area (Å²) in [5.74, 6) is -63.7. The lowest BCUT2D eigenvalue weighted by Gasteiger charge is -2.44. The molecule has 2 aromatic rings. The van der Waals surface area contributed by atoms with E-state index in [4.69, 9.17) is 11.5 Å². The third-order valence-electron chi connectivity index (χ3n) is 9.56. The molecule has 2 aliphatic carbocycles. The van der Waals surface area contributed by atoms with Crippen LogP contribution in [-0.4, -0.2) is 35.5 Å². The van der Waals surface area contributed by atoms with Gasteiger partial charge in [-0.05, 0) is 94.9 Å². The number of alkyl halides is 16. The zero-order chi connectivity index (χ0) is 40.4. The highest BCUT2D eigenvalue weighted by Gasteiger charge is 2.95. The minimum atomic E-state index is -8.53. The van der Waals surface area contributed by atoms with Crippen molar-refractivity contribution >= 4 is 11.4 Å².